The van der Waals surface area contributed by atoms with Crippen LogP contribution in [-0.2, 0) is 7.05 Å². The van der Waals surface area contributed by atoms with Crippen molar-refractivity contribution in [1.29, 1.82) is 0 Å². The first-order valence-electron chi connectivity index (χ1n) is 5.05. The molecule has 1 aromatic carbocycles. The highest BCUT2D eigenvalue weighted by molar-refractivity contribution is 9.10. The number of benzene rings is 1. The Kier molecular flexibility index (Phi) is 3.87. The minimum atomic E-state index is -0.416. The van der Waals surface area contributed by atoms with E-state index in [1.165, 1.54) is 6.07 Å². The predicted octanol–water partition coefficient (Wildman–Crippen LogP) is 3.94. The van der Waals surface area contributed by atoms with Crippen LogP contribution in [0, 0.1) is 5.82 Å². The second-order valence-electron chi connectivity index (χ2n) is 3.74. The van der Waals surface area contributed by atoms with Gasteiger partial charge >= 0.3 is 0 Å². The molecule has 0 saturated heterocycles. The first kappa shape index (κ1) is 13.3. The second-order valence-corrected chi connectivity index (χ2v) is 5.51. The topological polar surface area (TPSA) is 34.0 Å². The third-order valence-electron chi connectivity index (χ3n) is 2.38. The molecule has 0 spiro atoms. The van der Waals surface area contributed by atoms with E-state index < -0.39 is 5.82 Å². The summed E-state index contributed by atoms with van der Waals surface area (Å²) in [6.07, 6.45) is 1.77. The Bertz CT molecular complexity index is 610. The van der Waals surface area contributed by atoms with E-state index in [4.69, 9.17) is 0 Å². The van der Waals surface area contributed by atoms with Gasteiger partial charge in [0.1, 0.15) is 11.5 Å². The summed E-state index contributed by atoms with van der Waals surface area (Å²) in [5, 5.41) is 2.64. The zero-order valence-electron chi connectivity index (χ0n) is 9.38. The summed E-state index contributed by atoms with van der Waals surface area (Å²) < 4.78 is 16.2. The van der Waals surface area contributed by atoms with E-state index in [1.807, 2.05) is 0 Å². The number of hydrogen-bond acceptors (Lipinski definition) is 1. The summed E-state index contributed by atoms with van der Waals surface area (Å²) >= 11 is 6.35. The summed E-state index contributed by atoms with van der Waals surface area (Å²) in [5.74, 6) is -0.703. The Morgan fingerprint density at radius 2 is 2.06 bits per heavy atom. The van der Waals surface area contributed by atoms with Crippen LogP contribution in [0.3, 0.4) is 0 Å². The molecule has 1 N–H and O–H groups in total. The maximum Gasteiger partial charge on any atom is 0.272 e. The molecular weight excluding hydrogens is 367 g/mol. The van der Waals surface area contributed by atoms with Crippen molar-refractivity contribution >= 4 is 43.5 Å². The van der Waals surface area contributed by atoms with Crippen LogP contribution >= 0.6 is 31.9 Å². The smallest absolute Gasteiger partial charge is 0.272 e. The summed E-state index contributed by atoms with van der Waals surface area (Å²) in [5.41, 5.74) is 0.906. The number of aryl methyl sites for hydroxylation is 1. The Labute approximate surface area is 120 Å². The van der Waals surface area contributed by atoms with Gasteiger partial charge in [-0.15, -0.1) is 0 Å². The van der Waals surface area contributed by atoms with Crippen LogP contribution in [0.25, 0.3) is 0 Å². The highest BCUT2D eigenvalue weighted by Crippen LogP contribution is 2.20. The maximum atomic E-state index is 13.3. The molecule has 0 bridgehead atoms. The number of halogens is 3. The van der Waals surface area contributed by atoms with E-state index in [2.05, 4.69) is 37.2 Å². The van der Waals surface area contributed by atoms with Gasteiger partial charge in [0.25, 0.3) is 5.91 Å². The Hall–Kier alpha value is -1.14. The molecule has 0 saturated carbocycles. The number of anilines is 1. The molecule has 3 nitrogen and oxygen atoms in total. The first-order valence-corrected chi connectivity index (χ1v) is 6.64. The molecule has 0 fully saturated rings. The Balaban J connectivity index is 2.21. The monoisotopic (exact) mass is 374 g/mol. The first-order chi connectivity index (χ1) is 8.47. The Morgan fingerprint density at radius 1 is 1.33 bits per heavy atom. The molecule has 0 aliphatic heterocycles. The third kappa shape index (κ3) is 2.81. The van der Waals surface area contributed by atoms with Crippen molar-refractivity contribution in [2.45, 2.75) is 0 Å². The fraction of sp³-hybridized carbons (Fsp3) is 0.0833. The molecule has 0 aliphatic carbocycles. The summed E-state index contributed by atoms with van der Waals surface area (Å²) in [7, 11) is 1.77. The van der Waals surface area contributed by atoms with E-state index in [1.54, 1.807) is 36.0 Å². The standard InChI is InChI=1S/C12H9Br2FN2O/c1-17-6-7(13)4-11(17)12(18)16-8-2-3-9(14)10(15)5-8/h2-6H,1H3,(H,16,18). The van der Waals surface area contributed by atoms with Crippen molar-refractivity contribution in [3.05, 3.63) is 50.9 Å². The van der Waals surface area contributed by atoms with E-state index >= 15 is 0 Å². The van der Waals surface area contributed by atoms with Gasteiger partial charge in [0, 0.05) is 23.4 Å². The zero-order valence-corrected chi connectivity index (χ0v) is 12.5. The minimum Gasteiger partial charge on any atom is -0.345 e. The normalized spacial score (nSPS) is 10.4. The van der Waals surface area contributed by atoms with Crippen LogP contribution in [0.4, 0.5) is 10.1 Å². The molecule has 6 heteroatoms. The van der Waals surface area contributed by atoms with Crippen molar-refractivity contribution in [3.8, 4) is 0 Å². The maximum absolute atomic E-state index is 13.3. The van der Waals surface area contributed by atoms with Gasteiger partial charge in [0.05, 0.1) is 4.47 Å². The van der Waals surface area contributed by atoms with Gasteiger partial charge in [0.15, 0.2) is 0 Å². The number of nitrogens with zero attached hydrogens (tertiary/aromatic N) is 1. The SMILES string of the molecule is Cn1cc(Br)cc1C(=O)Nc1ccc(Br)c(F)c1. The molecule has 0 atom stereocenters. The number of carbonyl (C=O) groups is 1. The molecule has 2 aromatic rings. The number of hydrogen-bond donors (Lipinski definition) is 1. The fourth-order valence-corrected chi connectivity index (χ4v) is 2.29. The van der Waals surface area contributed by atoms with Crippen LogP contribution in [0.15, 0.2) is 39.4 Å². The van der Waals surface area contributed by atoms with E-state index in [-0.39, 0.29) is 5.91 Å². The number of amides is 1. The van der Waals surface area contributed by atoms with Gasteiger partial charge in [-0.1, -0.05) is 0 Å². The molecule has 0 unspecified atom stereocenters. The van der Waals surface area contributed by atoms with Crippen molar-refractivity contribution < 1.29 is 9.18 Å². The quantitative estimate of drug-likeness (QED) is 0.847. The third-order valence-corrected chi connectivity index (χ3v) is 3.46. The molecule has 18 heavy (non-hydrogen) atoms. The van der Waals surface area contributed by atoms with Crippen molar-refractivity contribution in [3.63, 3.8) is 0 Å². The van der Waals surface area contributed by atoms with E-state index in [0.717, 1.165) is 4.47 Å². The van der Waals surface area contributed by atoms with Crippen molar-refractivity contribution in [2.24, 2.45) is 7.05 Å². The largest absolute Gasteiger partial charge is 0.345 e. The van der Waals surface area contributed by atoms with Crippen molar-refractivity contribution in [1.82, 2.24) is 4.57 Å². The number of aromatic nitrogens is 1. The molecule has 1 heterocycles. The van der Waals surface area contributed by atoms with Crippen LogP contribution < -0.4 is 5.32 Å². The van der Waals surface area contributed by atoms with Crippen LogP contribution in [0.1, 0.15) is 10.5 Å². The van der Waals surface area contributed by atoms with Gasteiger partial charge in [-0.2, -0.15) is 0 Å². The molecule has 94 valence electrons. The number of carbonyl (C=O) groups excluding carboxylic acids is 1. The average Bonchev–Trinajstić information content (AvgIpc) is 2.63. The molecule has 0 aliphatic rings. The lowest BCUT2D eigenvalue weighted by Crippen LogP contribution is -2.15. The van der Waals surface area contributed by atoms with Crippen LogP contribution in [0.2, 0.25) is 0 Å². The Morgan fingerprint density at radius 3 is 2.61 bits per heavy atom. The van der Waals surface area contributed by atoms with Gasteiger partial charge in [-0.05, 0) is 56.1 Å². The second kappa shape index (κ2) is 5.24. The van der Waals surface area contributed by atoms with Gasteiger partial charge in [-0.25, -0.2) is 4.39 Å². The van der Waals surface area contributed by atoms with Gasteiger partial charge < -0.3 is 9.88 Å². The predicted molar refractivity (Wildman–Crippen MR) is 75.2 cm³/mol. The van der Waals surface area contributed by atoms with Gasteiger partial charge in [0.2, 0.25) is 0 Å². The summed E-state index contributed by atoms with van der Waals surface area (Å²) in [4.78, 5) is 12.0. The summed E-state index contributed by atoms with van der Waals surface area (Å²) in [6.45, 7) is 0. The van der Waals surface area contributed by atoms with Crippen molar-refractivity contribution in [2.75, 3.05) is 5.32 Å². The highest BCUT2D eigenvalue weighted by Gasteiger charge is 2.12. The molecule has 1 aromatic heterocycles. The zero-order chi connectivity index (χ0) is 13.3. The van der Waals surface area contributed by atoms with Crippen LogP contribution in [0.5, 0.6) is 0 Å². The van der Waals surface area contributed by atoms with Crippen LogP contribution in [-0.4, -0.2) is 10.5 Å². The molecule has 2 rings (SSSR count). The minimum absolute atomic E-state index is 0.287. The molecular formula is C12H9Br2FN2O. The highest BCUT2D eigenvalue weighted by atomic mass is 79.9. The number of rotatable bonds is 2. The number of nitrogens with one attached hydrogen (secondary N) is 1. The molecule has 1 amide bonds. The molecule has 0 radical (unpaired) electrons. The lowest BCUT2D eigenvalue weighted by molar-refractivity contribution is 0.101. The van der Waals surface area contributed by atoms with E-state index in [9.17, 15) is 9.18 Å². The summed E-state index contributed by atoms with van der Waals surface area (Å²) in [6, 6.07) is 6.14. The average molecular weight is 376 g/mol. The fourth-order valence-electron chi connectivity index (χ4n) is 1.52. The lowest BCUT2D eigenvalue weighted by Gasteiger charge is -2.06. The lowest BCUT2D eigenvalue weighted by atomic mass is 10.3. The van der Waals surface area contributed by atoms with Gasteiger partial charge in [-0.3, -0.25) is 4.79 Å². The van der Waals surface area contributed by atoms with E-state index in [0.29, 0.717) is 15.9 Å².